The van der Waals surface area contributed by atoms with Gasteiger partial charge < -0.3 is 15.1 Å². The Balaban J connectivity index is 1.22. The number of aryl methyl sites for hydroxylation is 1. The van der Waals surface area contributed by atoms with Crippen LogP contribution in [0.1, 0.15) is 27.9 Å². The minimum Gasteiger partial charge on any atom is -0.335 e. The Labute approximate surface area is 179 Å². The van der Waals surface area contributed by atoms with Gasteiger partial charge in [-0.1, -0.05) is 29.8 Å². The molecule has 30 heavy (non-hydrogen) atoms. The summed E-state index contributed by atoms with van der Waals surface area (Å²) < 4.78 is 0. The minimum absolute atomic E-state index is 0.0452. The number of anilines is 1. The molecule has 2 bridgehead atoms. The molecule has 7 heteroatoms. The Hall–Kier alpha value is -2.80. The maximum absolute atomic E-state index is 13.2. The normalized spacial score (nSPS) is 21.7. The van der Waals surface area contributed by atoms with Crippen LogP contribution in [0.15, 0.2) is 47.4 Å². The van der Waals surface area contributed by atoms with E-state index in [2.05, 4.69) is 17.4 Å². The molecule has 6 nitrogen and oxygen atoms in total. The van der Waals surface area contributed by atoms with Gasteiger partial charge in [-0.3, -0.25) is 14.4 Å². The summed E-state index contributed by atoms with van der Waals surface area (Å²) in [5.74, 6) is 0.421. The molecular formula is C23H23N3O3S. The van der Waals surface area contributed by atoms with Crippen molar-refractivity contribution in [1.82, 2.24) is 9.80 Å². The molecule has 3 heterocycles. The first-order valence-corrected chi connectivity index (χ1v) is 11.2. The van der Waals surface area contributed by atoms with Crippen molar-refractivity contribution in [3.8, 4) is 0 Å². The SMILES string of the molecule is Cc1ccc(SCC(=O)N2C[C@@H]3C[C@H]2CN3C(=O)c2cccc3c2NC(=O)C3)cc1. The number of amides is 3. The van der Waals surface area contributed by atoms with Gasteiger partial charge in [0.1, 0.15) is 0 Å². The highest BCUT2D eigenvalue weighted by molar-refractivity contribution is 8.00. The highest BCUT2D eigenvalue weighted by Gasteiger charge is 2.47. The number of nitrogens with zero attached hydrogens (tertiary/aromatic N) is 2. The zero-order chi connectivity index (χ0) is 20.8. The van der Waals surface area contributed by atoms with E-state index in [-0.39, 0.29) is 29.8 Å². The molecule has 3 amide bonds. The predicted octanol–water partition coefficient (Wildman–Crippen LogP) is 2.71. The topological polar surface area (TPSA) is 69.7 Å². The number of thioether (sulfide) groups is 1. The van der Waals surface area contributed by atoms with Crippen molar-refractivity contribution in [2.24, 2.45) is 0 Å². The summed E-state index contributed by atoms with van der Waals surface area (Å²) in [6.45, 7) is 3.19. The maximum atomic E-state index is 13.2. The fraction of sp³-hybridized carbons (Fsp3) is 0.348. The molecule has 2 aromatic rings. The number of hydrogen-bond acceptors (Lipinski definition) is 4. The molecule has 2 fully saturated rings. The van der Waals surface area contributed by atoms with Crippen LogP contribution in [0.4, 0.5) is 5.69 Å². The lowest BCUT2D eigenvalue weighted by Crippen LogP contribution is -2.51. The number of carbonyl (C=O) groups excluding carboxylic acids is 3. The molecule has 0 unspecified atom stereocenters. The average molecular weight is 422 g/mol. The summed E-state index contributed by atoms with van der Waals surface area (Å²) in [6, 6.07) is 13.8. The summed E-state index contributed by atoms with van der Waals surface area (Å²) in [4.78, 5) is 42.6. The van der Waals surface area contributed by atoms with Gasteiger partial charge in [0.2, 0.25) is 11.8 Å². The number of carbonyl (C=O) groups is 3. The van der Waals surface area contributed by atoms with E-state index in [9.17, 15) is 14.4 Å². The van der Waals surface area contributed by atoms with E-state index >= 15 is 0 Å². The van der Waals surface area contributed by atoms with Crippen molar-refractivity contribution < 1.29 is 14.4 Å². The van der Waals surface area contributed by atoms with Crippen molar-refractivity contribution in [3.63, 3.8) is 0 Å². The van der Waals surface area contributed by atoms with Crippen molar-refractivity contribution in [1.29, 1.82) is 0 Å². The summed E-state index contributed by atoms with van der Waals surface area (Å²) >= 11 is 1.56. The lowest BCUT2D eigenvalue weighted by molar-refractivity contribution is -0.130. The van der Waals surface area contributed by atoms with Crippen LogP contribution in [-0.2, 0) is 16.0 Å². The molecule has 0 saturated carbocycles. The van der Waals surface area contributed by atoms with Gasteiger partial charge >= 0.3 is 0 Å². The van der Waals surface area contributed by atoms with Crippen molar-refractivity contribution in [2.45, 2.75) is 36.7 Å². The monoisotopic (exact) mass is 421 g/mol. The summed E-state index contributed by atoms with van der Waals surface area (Å²) in [6.07, 6.45) is 1.15. The molecule has 2 aromatic carbocycles. The first kappa shape index (κ1) is 19.2. The third-order valence-electron chi connectivity index (χ3n) is 6.20. The number of likely N-dealkylation sites (tertiary alicyclic amines) is 2. The maximum Gasteiger partial charge on any atom is 0.256 e. The van der Waals surface area contributed by atoms with Crippen molar-refractivity contribution in [3.05, 3.63) is 59.2 Å². The summed E-state index contributed by atoms with van der Waals surface area (Å²) in [5, 5.41) is 2.82. The Morgan fingerprint density at radius 1 is 1.07 bits per heavy atom. The second-order valence-corrected chi connectivity index (χ2v) is 9.26. The third kappa shape index (κ3) is 3.37. The standard InChI is InChI=1S/C23H23N3O3S/c1-14-5-7-18(8-6-14)30-13-21(28)25-11-17-10-16(25)12-26(17)23(29)19-4-2-3-15-9-20(27)24-22(15)19/h2-8,16-17H,9-13H2,1H3,(H,24,27)/t16-,17-/m0/s1. The quantitative estimate of drug-likeness (QED) is 0.771. The predicted molar refractivity (Wildman–Crippen MR) is 116 cm³/mol. The minimum atomic E-state index is -0.0731. The number of benzene rings is 2. The number of nitrogens with one attached hydrogen (secondary N) is 1. The Kier molecular flexibility index (Phi) is 4.77. The highest BCUT2D eigenvalue weighted by atomic mass is 32.2. The fourth-order valence-corrected chi connectivity index (χ4v) is 5.45. The van der Waals surface area contributed by atoms with Crippen LogP contribution in [0.25, 0.3) is 0 Å². The van der Waals surface area contributed by atoms with E-state index in [1.807, 2.05) is 41.0 Å². The highest BCUT2D eigenvalue weighted by Crippen LogP contribution is 2.35. The van der Waals surface area contributed by atoms with Gasteiger partial charge in [-0.15, -0.1) is 11.8 Å². The molecule has 0 radical (unpaired) electrons. The van der Waals surface area contributed by atoms with Crippen molar-refractivity contribution >= 4 is 35.2 Å². The van der Waals surface area contributed by atoms with Gasteiger partial charge in [0.05, 0.1) is 35.5 Å². The van der Waals surface area contributed by atoms with Crippen LogP contribution in [0.3, 0.4) is 0 Å². The van der Waals surface area contributed by atoms with Crippen molar-refractivity contribution in [2.75, 3.05) is 24.2 Å². The van der Waals surface area contributed by atoms with E-state index < -0.39 is 0 Å². The van der Waals surface area contributed by atoms with Gasteiger partial charge in [-0.05, 0) is 37.1 Å². The van der Waals surface area contributed by atoms with Gasteiger partial charge in [-0.25, -0.2) is 0 Å². The third-order valence-corrected chi connectivity index (χ3v) is 7.20. The Morgan fingerprint density at radius 3 is 2.53 bits per heavy atom. The lowest BCUT2D eigenvalue weighted by atomic mass is 10.1. The molecule has 154 valence electrons. The van der Waals surface area contributed by atoms with Gasteiger partial charge in [-0.2, -0.15) is 0 Å². The van der Waals surface area contributed by atoms with E-state index in [1.54, 1.807) is 17.8 Å². The molecule has 0 aliphatic carbocycles. The second kappa shape index (κ2) is 7.47. The largest absolute Gasteiger partial charge is 0.335 e. The molecule has 0 aromatic heterocycles. The van der Waals surface area contributed by atoms with Crippen LogP contribution >= 0.6 is 11.8 Å². The molecule has 3 aliphatic rings. The van der Waals surface area contributed by atoms with Crippen LogP contribution in [0, 0.1) is 6.92 Å². The van der Waals surface area contributed by atoms with E-state index in [0.29, 0.717) is 36.5 Å². The number of piperazine rings is 1. The number of rotatable bonds is 4. The lowest BCUT2D eigenvalue weighted by Gasteiger charge is -2.34. The number of hydrogen-bond donors (Lipinski definition) is 1. The van der Waals surface area contributed by atoms with Crippen LogP contribution in [0.2, 0.25) is 0 Å². The van der Waals surface area contributed by atoms with E-state index in [0.717, 1.165) is 16.9 Å². The molecule has 2 atom stereocenters. The molecule has 2 saturated heterocycles. The van der Waals surface area contributed by atoms with E-state index in [1.165, 1.54) is 5.56 Å². The zero-order valence-electron chi connectivity index (χ0n) is 16.8. The smallest absolute Gasteiger partial charge is 0.256 e. The number of fused-ring (bicyclic) bond motifs is 3. The van der Waals surface area contributed by atoms with Gasteiger partial charge in [0.15, 0.2) is 0 Å². The van der Waals surface area contributed by atoms with Crippen LogP contribution in [-0.4, -0.2) is 58.4 Å². The molecule has 1 N–H and O–H groups in total. The fourth-order valence-electron chi connectivity index (χ4n) is 4.67. The number of para-hydroxylation sites is 1. The molecular weight excluding hydrogens is 398 g/mol. The first-order chi connectivity index (χ1) is 14.5. The van der Waals surface area contributed by atoms with Crippen LogP contribution < -0.4 is 5.32 Å². The molecule has 3 aliphatic heterocycles. The zero-order valence-corrected chi connectivity index (χ0v) is 17.6. The Bertz CT molecular complexity index is 1040. The second-order valence-electron chi connectivity index (χ2n) is 8.21. The van der Waals surface area contributed by atoms with Gasteiger partial charge in [0.25, 0.3) is 5.91 Å². The average Bonchev–Trinajstić information content (AvgIpc) is 3.45. The Morgan fingerprint density at radius 2 is 1.80 bits per heavy atom. The first-order valence-electron chi connectivity index (χ1n) is 10.2. The summed E-state index contributed by atoms with van der Waals surface area (Å²) in [5.41, 5.74) is 3.28. The molecule has 5 rings (SSSR count). The van der Waals surface area contributed by atoms with E-state index in [4.69, 9.17) is 0 Å². The summed E-state index contributed by atoms with van der Waals surface area (Å²) in [7, 11) is 0. The van der Waals surface area contributed by atoms with Crippen LogP contribution in [0.5, 0.6) is 0 Å². The van der Waals surface area contributed by atoms with Gasteiger partial charge in [0, 0.05) is 18.0 Å². The molecule has 0 spiro atoms.